The molecule has 0 bridgehead atoms. The van der Waals surface area contributed by atoms with E-state index in [1.54, 1.807) is 17.0 Å². The molecule has 6 nitrogen and oxygen atoms in total. The quantitative estimate of drug-likeness (QED) is 0.725. The molecule has 0 unspecified atom stereocenters. The molecule has 146 valence electrons. The SMILES string of the molecule is O=C(COC(=O)[C@H]1CC(=O)N(Cc2ccccc2)C1)Nc1cc(Cl)ccc1Cl. The molecule has 2 amide bonds. The molecule has 0 radical (unpaired) electrons. The van der Waals surface area contributed by atoms with Crippen molar-refractivity contribution >= 4 is 46.7 Å². The second kappa shape index (κ2) is 9.08. The Morgan fingerprint density at radius 3 is 2.64 bits per heavy atom. The van der Waals surface area contributed by atoms with Crippen LogP contribution in [0.4, 0.5) is 5.69 Å². The van der Waals surface area contributed by atoms with E-state index in [2.05, 4.69) is 5.32 Å². The van der Waals surface area contributed by atoms with Crippen molar-refractivity contribution in [2.45, 2.75) is 13.0 Å². The third-order valence-electron chi connectivity index (χ3n) is 4.31. The molecule has 8 heteroatoms. The van der Waals surface area contributed by atoms with Crippen LogP contribution in [-0.4, -0.2) is 35.8 Å². The number of anilines is 1. The normalized spacial score (nSPS) is 16.1. The molecule has 2 aromatic carbocycles. The first-order valence-electron chi connectivity index (χ1n) is 8.65. The van der Waals surface area contributed by atoms with Gasteiger partial charge >= 0.3 is 5.97 Å². The number of amides is 2. The molecule has 1 atom stereocenters. The first kappa shape index (κ1) is 20.2. The van der Waals surface area contributed by atoms with Crippen LogP contribution in [0, 0.1) is 5.92 Å². The zero-order valence-corrected chi connectivity index (χ0v) is 16.4. The Balaban J connectivity index is 1.49. The van der Waals surface area contributed by atoms with E-state index in [-0.39, 0.29) is 18.9 Å². The standard InChI is InChI=1S/C20H18Cl2N2O4/c21-15-6-7-16(22)17(9-15)23-18(25)12-28-20(27)14-8-19(26)24(11-14)10-13-4-2-1-3-5-13/h1-7,9,14H,8,10-12H2,(H,23,25)/t14-/m0/s1. The van der Waals surface area contributed by atoms with Gasteiger partial charge in [0.1, 0.15) is 0 Å². The van der Waals surface area contributed by atoms with E-state index in [4.69, 9.17) is 27.9 Å². The van der Waals surface area contributed by atoms with Crippen LogP contribution in [-0.2, 0) is 25.7 Å². The second-order valence-electron chi connectivity index (χ2n) is 6.44. The van der Waals surface area contributed by atoms with Crippen molar-refractivity contribution in [2.75, 3.05) is 18.5 Å². The van der Waals surface area contributed by atoms with Crippen LogP contribution in [0.25, 0.3) is 0 Å². The molecule has 1 aliphatic rings. The lowest BCUT2D eigenvalue weighted by Crippen LogP contribution is -2.28. The van der Waals surface area contributed by atoms with Gasteiger partial charge in [0.2, 0.25) is 5.91 Å². The molecule has 0 aliphatic carbocycles. The number of rotatable bonds is 6. The van der Waals surface area contributed by atoms with Crippen molar-refractivity contribution in [2.24, 2.45) is 5.92 Å². The van der Waals surface area contributed by atoms with Gasteiger partial charge in [0, 0.05) is 24.5 Å². The van der Waals surface area contributed by atoms with E-state index < -0.39 is 24.4 Å². The van der Waals surface area contributed by atoms with Crippen molar-refractivity contribution < 1.29 is 19.1 Å². The minimum Gasteiger partial charge on any atom is -0.455 e. The van der Waals surface area contributed by atoms with Gasteiger partial charge in [-0.1, -0.05) is 53.5 Å². The third kappa shape index (κ3) is 5.24. The van der Waals surface area contributed by atoms with Gasteiger partial charge in [-0.3, -0.25) is 14.4 Å². The zero-order chi connectivity index (χ0) is 20.1. The Kier molecular flexibility index (Phi) is 6.54. The smallest absolute Gasteiger partial charge is 0.311 e. The molecule has 0 aromatic heterocycles. The van der Waals surface area contributed by atoms with Gasteiger partial charge in [0.05, 0.1) is 16.6 Å². The molecule has 3 rings (SSSR count). The fourth-order valence-electron chi connectivity index (χ4n) is 2.92. The predicted molar refractivity (Wildman–Crippen MR) is 106 cm³/mol. The predicted octanol–water partition coefficient (Wildman–Crippen LogP) is 3.52. The van der Waals surface area contributed by atoms with E-state index in [1.807, 2.05) is 30.3 Å². The van der Waals surface area contributed by atoms with E-state index >= 15 is 0 Å². The molecule has 0 spiro atoms. The molecule has 1 saturated heterocycles. The van der Waals surface area contributed by atoms with Crippen LogP contribution in [0.1, 0.15) is 12.0 Å². The summed E-state index contributed by atoms with van der Waals surface area (Å²) in [4.78, 5) is 38.0. The van der Waals surface area contributed by atoms with E-state index in [9.17, 15) is 14.4 Å². The maximum Gasteiger partial charge on any atom is 0.311 e. The third-order valence-corrected chi connectivity index (χ3v) is 4.88. The summed E-state index contributed by atoms with van der Waals surface area (Å²) in [7, 11) is 0. The number of likely N-dealkylation sites (tertiary alicyclic amines) is 1. The summed E-state index contributed by atoms with van der Waals surface area (Å²) in [6.07, 6.45) is 0.0768. The molecular weight excluding hydrogens is 403 g/mol. The number of carbonyl (C=O) groups excluding carboxylic acids is 3. The first-order chi connectivity index (χ1) is 13.4. The number of ether oxygens (including phenoxy) is 1. The fourth-order valence-corrected chi connectivity index (χ4v) is 3.26. The summed E-state index contributed by atoms with van der Waals surface area (Å²) in [5, 5.41) is 3.27. The Bertz CT molecular complexity index is 889. The van der Waals surface area contributed by atoms with Crippen LogP contribution in [0.15, 0.2) is 48.5 Å². The lowest BCUT2D eigenvalue weighted by molar-refractivity contribution is -0.151. The molecule has 28 heavy (non-hydrogen) atoms. The van der Waals surface area contributed by atoms with Gasteiger partial charge in [0.25, 0.3) is 5.91 Å². The largest absolute Gasteiger partial charge is 0.455 e. The topological polar surface area (TPSA) is 75.7 Å². The minimum atomic E-state index is -0.584. The van der Waals surface area contributed by atoms with Crippen LogP contribution in [0.2, 0.25) is 10.0 Å². The van der Waals surface area contributed by atoms with Crippen molar-refractivity contribution in [1.82, 2.24) is 4.90 Å². The van der Waals surface area contributed by atoms with Gasteiger partial charge in [-0.05, 0) is 23.8 Å². The lowest BCUT2D eigenvalue weighted by Gasteiger charge is -2.16. The molecule has 1 fully saturated rings. The molecule has 1 heterocycles. The number of hydrogen-bond acceptors (Lipinski definition) is 4. The van der Waals surface area contributed by atoms with Gasteiger partial charge in [0.15, 0.2) is 6.61 Å². The highest BCUT2D eigenvalue weighted by Gasteiger charge is 2.35. The Hall–Kier alpha value is -2.57. The summed E-state index contributed by atoms with van der Waals surface area (Å²) >= 11 is 11.8. The summed E-state index contributed by atoms with van der Waals surface area (Å²) in [5.41, 5.74) is 1.32. The number of esters is 1. The van der Waals surface area contributed by atoms with Crippen molar-refractivity contribution in [1.29, 1.82) is 0 Å². The number of halogens is 2. The summed E-state index contributed by atoms with van der Waals surface area (Å²) < 4.78 is 5.07. The molecule has 1 N–H and O–H groups in total. The summed E-state index contributed by atoms with van der Waals surface area (Å²) in [6.45, 7) is 0.247. The second-order valence-corrected chi connectivity index (χ2v) is 7.28. The van der Waals surface area contributed by atoms with Gasteiger partial charge in [-0.2, -0.15) is 0 Å². The number of benzene rings is 2. The molecular formula is C20H18Cl2N2O4. The fraction of sp³-hybridized carbons (Fsp3) is 0.250. The number of nitrogens with one attached hydrogen (secondary N) is 1. The number of carbonyl (C=O) groups is 3. The van der Waals surface area contributed by atoms with Crippen molar-refractivity contribution in [3.05, 3.63) is 64.1 Å². The van der Waals surface area contributed by atoms with Gasteiger partial charge < -0.3 is 15.0 Å². The lowest BCUT2D eigenvalue weighted by atomic mass is 10.1. The molecule has 2 aromatic rings. The Labute approximate surface area is 172 Å². The van der Waals surface area contributed by atoms with Crippen molar-refractivity contribution in [3.8, 4) is 0 Å². The average Bonchev–Trinajstić information content (AvgIpc) is 3.04. The summed E-state index contributed by atoms with van der Waals surface area (Å²) in [6, 6.07) is 14.2. The minimum absolute atomic E-state index is 0.0768. The maximum atomic E-state index is 12.2. The van der Waals surface area contributed by atoms with Crippen LogP contribution < -0.4 is 5.32 Å². The van der Waals surface area contributed by atoms with E-state index in [0.29, 0.717) is 22.3 Å². The van der Waals surface area contributed by atoms with Gasteiger partial charge in [-0.15, -0.1) is 0 Å². The highest BCUT2D eigenvalue weighted by Crippen LogP contribution is 2.25. The highest BCUT2D eigenvalue weighted by atomic mass is 35.5. The Morgan fingerprint density at radius 1 is 1.14 bits per heavy atom. The maximum absolute atomic E-state index is 12.2. The van der Waals surface area contributed by atoms with Crippen LogP contribution in [0.3, 0.4) is 0 Å². The zero-order valence-electron chi connectivity index (χ0n) is 14.9. The molecule has 0 saturated carbocycles. The highest BCUT2D eigenvalue weighted by molar-refractivity contribution is 6.35. The first-order valence-corrected chi connectivity index (χ1v) is 9.41. The number of hydrogen-bond donors (Lipinski definition) is 1. The monoisotopic (exact) mass is 420 g/mol. The van der Waals surface area contributed by atoms with Gasteiger partial charge in [-0.25, -0.2) is 0 Å². The van der Waals surface area contributed by atoms with Crippen molar-refractivity contribution in [3.63, 3.8) is 0 Å². The average molecular weight is 421 g/mol. The van der Waals surface area contributed by atoms with E-state index in [0.717, 1.165) is 5.56 Å². The van der Waals surface area contributed by atoms with E-state index in [1.165, 1.54) is 6.07 Å². The van der Waals surface area contributed by atoms with Crippen LogP contribution >= 0.6 is 23.2 Å². The number of nitrogens with zero attached hydrogens (tertiary/aromatic N) is 1. The molecule has 1 aliphatic heterocycles. The van der Waals surface area contributed by atoms with Crippen LogP contribution in [0.5, 0.6) is 0 Å². The Morgan fingerprint density at radius 2 is 1.89 bits per heavy atom. The summed E-state index contributed by atoms with van der Waals surface area (Å²) in [5.74, 6) is -1.81.